The monoisotopic (exact) mass is 194 g/mol. The van der Waals surface area contributed by atoms with Crippen molar-refractivity contribution >= 4 is 5.91 Å². The third-order valence-corrected chi connectivity index (χ3v) is 1.87. The van der Waals surface area contributed by atoms with Crippen LogP contribution in [0.15, 0.2) is 12.2 Å². The number of rotatable bonds is 3. The van der Waals surface area contributed by atoms with Gasteiger partial charge in [-0.15, -0.1) is 0 Å². The Morgan fingerprint density at radius 3 is 2.29 bits per heavy atom. The zero-order valence-electron chi connectivity index (χ0n) is 9.42. The van der Waals surface area contributed by atoms with E-state index in [0.29, 0.717) is 18.5 Å². The molecule has 14 heavy (non-hydrogen) atoms. The van der Waals surface area contributed by atoms with E-state index in [1.165, 1.54) is 0 Å². The summed E-state index contributed by atoms with van der Waals surface area (Å²) in [5.41, 5.74) is 0.255. The SMILES string of the molecule is C=C(C)C(=O)N(CCC#N)C(C)(C)C. The van der Waals surface area contributed by atoms with Crippen LogP contribution in [-0.4, -0.2) is 22.9 Å². The van der Waals surface area contributed by atoms with Crippen LogP contribution in [0.5, 0.6) is 0 Å². The van der Waals surface area contributed by atoms with Gasteiger partial charge in [0.2, 0.25) is 5.91 Å². The fraction of sp³-hybridized carbons (Fsp3) is 0.636. The maximum Gasteiger partial charge on any atom is 0.249 e. The van der Waals surface area contributed by atoms with Crippen molar-refractivity contribution < 1.29 is 4.79 Å². The molecule has 78 valence electrons. The van der Waals surface area contributed by atoms with Crippen LogP contribution in [-0.2, 0) is 4.79 Å². The molecule has 0 bridgehead atoms. The zero-order valence-corrected chi connectivity index (χ0v) is 9.42. The molecule has 0 aliphatic heterocycles. The van der Waals surface area contributed by atoms with Gasteiger partial charge < -0.3 is 4.90 Å². The van der Waals surface area contributed by atoms with E-state index < -0.39 is 0 Å². The highest BCUT2D eigenvalue weighted by molar-refractivity contribution is 5.92. The molecule has 0 aromatic carbocycles. The number of nitriles is 1. The lowest BCUT2D eigenvalue weighted by atomic mass is 10.0. The summed E-state index contributed by atoms with van der Waals surface area (Å²) in [7, 11) is 0. The van der Waals surface area contributed by atoms with Crippen LogP contribution in [0.2, 0.25) is 0 Å². The normalized spacial score (nSPS) is 10.5. The Labute approximate surface area is 86.0 Å². The van der Waals surface area contributed by atoms with Gasteiger partial charge in [0.05, 0.1) is 12.5 Å². The van der Waals surface area contributed by atoms with Crippen LogP contribution in [0, 0.1) is 11.3 Å². The molecule has 0 heterocycles. The Morgan fingerprint density at radius 2 is 2.00 bits per heavy atom. The average molecular weight is 194 g/mol. The lowest BCUT2D eigenvalue weighted by Crippen LogP contribution is -2.46. The van der Waals surface area contributed by atoms with E-state index in [9.17, 15) is 4.79 Å². The first-order valence-corrected chi connectivity index (χ1v) is 4.65. The maximum atomic E-state index is 11.7. The number of amides is 1. The van der Waals surface area contributed by atoms with Crippen LogP contribution in [0.4, 0.5) is 0 Å². The second-order valence-electron chi connectivity index (χ2n) is 4.32. The van der Waals surface area contributed by atoms with Gasteiger partial charge in [-0.25, -0.2) is 0 Å². The molecule has 0 aromatic rings. The van der Waals surface area contributed by atoms with Crippen LogP contribution >= 0.6 is 0 Å². The van der Waals surface area contributed by atoms with E-state index >= 15 is 0 Å². The Morgan fingerprint density at radius 1 is 1.50 bits per heavy atom. The molecule has 1 amide bonds. The smallest absolute Gasteiger partial charge is 0.249 e. The molecule has 0 aromatic heterocycles. The minimum atomic E-state index is -0.257. The molecular formula is C11H18N2O. The second kappa shape index (κ2) is 4.80. The van der Waals surface area contributed by atoms with Gasteiger partial charge >= 0.3 is 0 Å². The first-order valence-electron chi connectivity index (χ1n) is 4.65. The molecule has 0 rings (SSSR count). The summed E-state index contributed by atoms with van der Waals surface area (Å²) >= 11 is 0. The van der Waals surface area contributed by atoms with E-state index in [1.54, 1.807) is 11.8 Å². The molecule has 0 unspecified atom stereocenters. The van der Waals surface area contributed by atoms with Crippen molar-refractivity contribution in [2.45, 2.75) is 39.7 Å². The van der Waals surface area contributed by atoms with Crippen molar-refractivity contribution in [2.24, 2.45) is 0 Å². The molecular weight excluding hydrogens is 176 g/mol. The first kappa shape index (κ1) is 12.7. The maximum absolute atomic E-state index is 11.7. The summed E-state index contributed by atoms with van der Waals surface area (Å²) in [6.45, 7) is 11.6. The van der Waals surface area contributed by atoms with Crippen LogP contribution in [0.3, 0.4) is 0 Å². The van der Waals surface area contributed by atoms with E-state index in [4.69, 9.17) is 5.26 Å². The first-order chi connectivity index (χ1) is 6.30. The van der Waals surface area contributed by atoms with Crippen molar-refractivity contribution in [3.05, 3.63) is 12.2 Å². The number of carbonyl (C=O) groups excluding carboxylic acids is 1. The molecule has 3 heteroatoms. The van der Waals surface area contributed by atoms with Crippen LogP contribution < -0.4 is 0 Å². The standard InChI is InChI=1S/C11H18N2O/c1-9(2)10(14)13(8-6-7-12)11(3,4)5/h1,6,8H2,2-5H3. The predicted molar refractivity (Wildman–Crippen MR) is 56.5 cm³/mol. The molecule has 0 aliphatic rings. The van der Waals surface area contributed by atoms with Gasteiger partial charge in [0.25, 0.3) is 0 Å². The third kappa shape index (κ3) is 3.61. The fourth-order valence-electron chi connectivity index (χ4n) is 1.13. The highest BCUT2D eigenvalue weighted by atomic mass is 16.2. The second-order valence-corrected chi connectivity index (χ2v) is 4.32. The van der Waals surface area contributed by atoms with E-state index in [1.807, 2.05) is 26.8 Å². The largest absolute Gasteiger partial charge is 0.333 e. The molecule has 0 spiro atoms. The van der Waals surface area contributed by atoms with Crippen LogP contribution in [0.1, 0.15) is 34.1 Å². The van der Waals surface area contributed by atoms with Gasteiger partial charge in [-0.1, -0.05) is 6.58 Å². The molecule has 0 fully saturated rings. The predicted octanol–water partition coefficient (Wildman–Crippen LogP) is 2.10. The van der Waals surface area contributed by atoms with Gasteiger partial charge in [-0.05, 0) is 27.7 Å². The summed E-state index contributed by atoms with van der Waals surface area (Å²) in [6, 6.07) is 2.04. The van der Waals surface area contributed by atoms with Crippen molar-refractivity contribution in [3.8, 4) is 6.07 Å². The summed E-state index contributed by atoms with van der Waals surface area (Å²) in [5, 5.41) is 8.49. The fourth-order valence-corrected chi connectivity index (χ4v) is 1.13. The summed E-state index contributed by atoms with van der Waals surface area (Å²) < 4.78 is 0. The van der Waals surface area contributed by atoms with Crippen molar-refractivity contribution in [1.29, 1.82) is 5.26 Å². The summed E-state index contributed by atoms with van der Waals surface area (Å²) in [4.78, 5) is 13.4. The molecule has 0 radical (unpaired) electrons. The minimum absolute atomic E-state index is 0.0762. The number of nitrogens with zero attached hydrogens (tertiary/aromatic N) is 2. The van der Waals surface area contributed by atoms with E-state index in [-0.39, 0.29) is 11.4 Å². The highest BCUT2D eigenvalue weighted by Gasteiger charge is 2.25. The minimum Gasteiger partial charge on any atom is -0.333 e. The van der Waals surface area contributed by atoms with Crippen molar-refractivity contribution in [2.75, 3.05) is 6.54 Å². The van der Waals surface area contributed by atoms with Gasteiger partial charge in [0, 0.05) is 17.7 Å². The Kier molecular flexibility index (Phi) is 4.36. The number of carbonyl (C=O) groups is 1. The van der Waals surface area contributed by atoms with Gasteiger partial charge in [-0.3, -0.25) is 4.79 Å². The van der Waals surface area contributed by atoms with E-state index in [0.717, 1.165) is 0 Å². The molecule has 0 saturated heterocycles. The number of hydrogen-bond acceptors (Lipinski definition) is 2. The lowest BCUT2D eigenvalue weighted by molar-refractivity contribution is -0.131. The van der Waals surface area contributed by atoms with Gasteiger partial charge in [0.1, 0.15) is 0 Å². The summed E-state index contributed by atoms with van der Waals surface area (Å²) in [5.74, 6) is -0.0762. The topological polar surface area (TPSA) is 44.1 Å². The third-order valence-electron chi connectivity index (χ3n) is 1.87. The molecule has 0 N–H and O–H groups in total. The van der Waals surface area contributed by atoms with Crippen LogP contribution in [0.25, 0.3) is 0 Å². The average Bonchev–Trinajstić information content (AvgIpc) is 2.02. The number of hydrogen-bond donors (Lipinski definition) is 0. The molecule has 0 saturated carbocycles. The Balaban J connectivity index is 4.66. The quantitative estimate of drug-likeness (QED) is 0.646. The lowest BCUT2D eigenvalue weighted by Gasteiger charge is -2.35. The molecule has 0 aliphatic carbocycles. The van der Waals surface area contributed by atoms with Gasteiger partial charge in [-0.2, -0.15) is 5.26 Å². The Hall–Kier alpha value is -1.30. The molecule has 3 nitrogen and oxygen atoms in total. The highest BCUT2D eigenvalue weighted by Crippen LogP contribution is 2.16. The molecule has 0 atom stereocenters. The van der Waals surface area contributed by atoms with Crippen molar-refractivity contribution in [3.63, 3.8) is 0 Å². The van der Waals surface area contributed by atoms with Gasteiger partial charge in [0.15, 0.2) is 0 Å². The van der Waals surface area contributed by atoms with E-state index in [2.05, 4.69) is 6.58 Å². The summed E-state index contributed by atoms with van der Waals surface area (Å²) in [6.07, 6.45) is 0.357. The zero-order chi connectivity index (χ0) is 11.4. The van der Waals surface area contributed by atoms with Crippen molar-refractivity contribution in [1.82, 2.24) is 4.90 Å². The Bertz CT molecular complexity index is 268.